The van der Waals surface area contributed by atoms with E-state index < -0.39 is 5.54 Å². The monoisotopic (exact) mass is 448 g/mol. The molecule has 32 heavy (non-hydrogen) atoms. The van der Waals surface area contributed by atoms with Crippen LogP contribution in [0.3, 0.4) is 0 Å². The van der Waals surface area contributed by atoms with Crippen molar-refractivity contribution in [1.82, 2.24) is 20.2 Å². The van der Waals surface area contributed by atoms with Crippen molar-refractivity contribution in [2.24, 2.45) is 29.1 Å². The average molecular weight is 449 g/mol. The second-order valence-corrected chi connectivity index (χ2v) is 11.1. The number of amides is 1. The summed E-state index contributed by atoms with van der Waals surface area (Å²) in [6.45, 7) is 7.94. The van der Waals surface area contributed by atoms with Crippen LogP contribution in [0, 0.1) is 29.1 Å². The summed E-state index contributed by atoms with van der Waals surface area (Å²) >= 11 is 5.76. The number of pyridine rings is 2. The molecule has 5 nitrogen and oxygen atoms in total. The predicted molar refractivity (Wildman–Crippen MR) is 129 cm³/mol. The van der Waals surface area contributed by atoms with E-state index in [2.05, 4.69) is 36.1 Å². The van der Waals surface area contributed by atoms with Gasteiger partial charge in [0.15, 0.2) is 5.11 Å². The van der Waals surface area contributed by atoms with Crippen LogP contribution in [-0.4, -0.2) is 38.0 Å². The van der Waals surface area contributed by atoms with E-state index in [1.165, 1.54) is 12.8 Å². The standard InChI is InChI=1S/C26H32N4OS/c1-17-20(12-21-13-22(17)25(21,2)3)16-30-23(31)26(29-24(30)32,14-18-4-8-27-9-5-18)15-19-6-10-28-11-7-19/h4-11,17,20-22H,12-16H2,1-3H3,(H,29,32). The lowest BCUT2D eigenvalue weighted by Crippen LogP contribution is -2.57. The maximum atomic E-state index is 14.0. The molecule has 4 fully saturated rings. The minimum absolute atomic E-state index is 0.0989. The molecule has 2 aromatic rings. The summed E-state index contributed by atoms with van der Waals surface area (Å²) in [6, 6.07) is 7.92. The van der Waals surface area contributed by atoms with Crippen LogP contribution in [-0.2, 0) is 17.6 Å². The first-order chi connectivity index (χ1) is 15.3. The van der Waals surface area contributed by atoms with Gasteiger partial charge < -0.3 is 5.32 Å². The minimum atomic E-state index is -0.778. The van der Waals surface area contributed by atoms with E-state index in [1.807, 2.05) is 29.2 Å². The van der Waals surface area contributed by atoms with E-state index in [0.717, 1.165) is 29.5 Å². The molecule has 168 valence electrons. The smallest absolute Gasteiger partial charge is 0.255 e. The molecular weight excluding hydrogens is 416 g/mol. The molecule has 0 spiro atoms. The van der Waals surface area contributed by atoms with Crippen molar-refractivity contribution in [3.8, 4) is 0 Å². The molecule has 0 radical (unpaired) electrons. The summed E-state index contributed by atoms with van der Waals surface area (Å²) in [7, 11) is 0. The normalized spacial score (nSPS) is 30.0. The van der Waals surface area contributed by atoms with Crippen LogP contribution >= 0.6 is 12.2 Å². The largest absolute Gasteiger partial charge is 0.347 e. The number of hydrogen-bond donors (Lipinski definition) is 1. The number of aromatic nitrogens is 2. The Morgan fingerprint density at radius 2 is 1.59 bits per heavy atom. The van der Waals surface area contributed by atoms with Gasteiger partial charge in [-0.05, 0) is 89.5 Å². The average Bonchev–Trinajstić information content (AvgIpc) is 2.99. The van der Waals surface area contributed by atoms with Crippen LogP contribution in [0.1, 0.15) is 44.7 Å². The summed E-state index contributed by atoms with van der Waals surface area (Å²) in [5.74, 6) is 2.74. The van der Waals surface area contributed by atoms with Crippen LogP contribution < -0.4 is 5.32 Å². The summed E-state index contributed by atoms with van der Waals surface area (Å²) in [4.78, 5) is 24.1. The number of nitrogens with zero attached hydrogens (tertiary/aromatic N) is 3. The first-order valence-corrected chi connectivity index (χ1v) is 12.1. The number of hydrogen-bond acceptors (Lipinski definition) is 4. The SMILES string of the molecule is CC1C(CN2C(=O)C(Cc3ccncc3)(Cc3ccncc3)NC2=S)CC2CC1C2(C)C. The Morgan fingerprint density at radius 1 is 1.03 bits per heavy atom. The van der Waals surface area contributed by atoms with Crippen LogP contribution in [0.5, 0.6) is 0 Å². The summed E-state index contributed by atoms with van der Waals surface area (Å²) < 4.78 is 0. The molecule has 3 heterocycles. The molecule has 4 atom stereocenters. The van der Waals surface area contributed by atoms with Gasteiger partial charge in [-0.2, -0.15) is 0 Å². The lowest BCUT2D eigenvalue weighted by molar-refractivity contribution is -0.141. The fourth-order valence-electron chi connectivity index (χ4n) is 6.57. The number of carbonyl (C=O) groups is 1. The van der Waals surface area contributed by atoms with Crippen LogP contribution in [0.25, 0.3) is 0 Å². The van der Waals surface area contributed by atoms with Crippen molar-refractivity contribution >= 4 is 23.2 Å². The zero-order chi connectivity index (χ0) is 22.5. The van der Waals surface area contributed by atoms with E-state index in [-0.39, 0.29) is 5.91 Å². The highest BCUT2D eigenvalue weighted by atomic mass is 32.1. The third-order valence-corrected chi connectivity index (χ3v) is 9.01. The van der Waals surface area contributed by atoms with Crippen molar-refractivity contribution < 1.29 is 4.79 Å². The third kappa shape index (κ3) is 3.53. The number of rotatable bonds is 6. The molecule has 6 rings (SSSR count). The number of carbonyl (C=O) groups excluding carboxylic acids is 1. The van der Waals surface area contributed by atoms with Gasteiger partial charge in [0.05, 0.1) is 0 Å². The molecule has 1 saturated heterocycles. The van der Waals surface area contributed by atoms with Crippen LogP contribution in [0.2, 0.25) is 0 Å². The fraction of sp³-hybridized carbons (Fsp3) is 0.538. The van der Waals surface area contributed by atoms with Crippen LogP contribution in [0.4, 0.5) is 0 Å². The Hall–Kier alpha value is -2.34. The minimum Gasteiger partial charge on any atom is -0.347 e. The van der Waals surface area contributed by atoms with Crippen molar-refractivity contribution in [2.45, 2.75) is 52.0 Å². The first-order valence-electron chi connectivity index (χ1n) is 11.7. The lowest BCUT2D eigenvalue weighted by Gasteiger charge is -2.62. The Labute approximate surface area is 196 Å². The van der Waals surface area contributed by atoms with E-state index in [0.29, 0.717) is 35.2 Å². The van der Waals surface area contributed by atoms with Gasteiger partial charge in [-0.15, -0.1) is 0 Å². The zero-order valence-corrected chi connectivity index (χ0v) is 19.9. The van der Waals surface area contributed by atoms with E-state index in [4.69, 9.17) is 12.2 Å². The molecule has 1 aliphatic heterocycles. The molecule has 1 amide bonds. The highest BCUT2D eigenvalue weighted by Crippen LogP contribution is 2.63. The Balaban J connectivity index is 1.40. The Morgan fingerprint density at radius 3 is 2.09 bits per heavy atom. The number of thiocarbonyl (C=S) groups is 1. The second kappa shape index (κ2) is 7.91. The molecule has 4 unspecified atom stereocenters. The maximum Gasteiger partial charge on any atom is 0.255 e. The lowest BCUT2D eigenvalue weighted by atomic mass is 9.43. The molecule has 0 aromatic carbocycles. The number of nitrogens with one attached hydrogen (secondary N) is 1. The highest BCUT2D eigenvalue weighted by molar-refractivity contribution is 7.80. The van der Waals surface area contributed by atoms with Gasteiger partial charge in [0.25, 0.3) is 5.91 Å². The van der Waals surface area contributed by atoms with Crippen LogP contribution in [0.15, 0.2) is 49.1 Å². The molecular formula is C26H32N4OS. The topological polar surface area (TPSA) is 58.1 Å². The summed E-state index contributed by atoms with van der Waals surface area (Å²) in [5.41, 5.74) is 1.82. The third-order valence-electron chi connectivity index (χ3n) is 8.69. The number of fused-ring (bicyclic) bond motifs is 2. The Kier molecular flexibility index (Phi) is 5.31. The van der Waals surface area contributed by atoms with E-state index in [1.54, 1.807) is 24.8 Å². The first kappa shape index (κ1) is 21.5. The van der Waals surface area contributed by atoms with Gasteiger partial charge >= 0.3 is 0 Å². The molecule has 4 aliphatic rings. The second-order valence-electron chi connectivity index (χ2n) is 10.7. The molecule has 6 heteroatoms. The van der Waals surface area contributed by atoms with Gasteiger partial charge in [-0.1, -0.05) is 20.8 Å². The Bertz CT molecular complexity index is 968. The predicted octanol–water partition coefficient (Wildman–Crippen LogP) is 4.04. The van der Waals surface area contributed by atoms with E-state index in [9.17, 15) is 4.79 Å². The van der Waals surface area contributed by atoms with Gasteiger partial charge in [-0.3, -0.25) is 19.7 Å². The van der Waals surface area contributed by atoms with Gasteiger partial charge in [0.2, 0.25) is 0 Å². The molecule has 2 aromatic heterocycles. The van der Waals surface area contributed by atoms with Gasteiger partial charge in [0, 0.05) is 44.2 Å². The quantitative estimate of drug-likeness (QED) is 0.676. The van der Waals surface area contributed by atoms with Gasteiger partial charge in [-0.25, -0.2) is 0 Å². The fourth-order valence-corrected chi connectivity index (χ4v) is 6.93. The van der Waals surface area contributed by atoms with Crippen molar-refractivity contribution in [2.75, 3.05) is 6.54 Å². The van der Waals surface area contributed by atoms with Crippen molar-refractivity contribution in [1.29, 1.82) is 0 Å². The molecule has 1 N–H and O–H groups in total. The van der Waals surface area contributed by atoms with Gasteiger partial charge in [0.1, 0.15) is 5.54 Å². The summed E-state index contributed by atoms with van der Waals surface area (Å²) in [6.07, 6.45) is 10.8. The highest BCUT2D eigenvalue weighted by Gasteiger charge is 2.57. The van der Waals surface area contributed by atoms with Crippen molar-refractivity contribution in [3.05, 3.63) is 60.2 Å². The zero-order valence-electron chi connectivity index (χ0n) is 19.1. The van der Waals surface area contributed by atoms with Crippen molar-refractivity contribution in [3.63, 3.8) is 0 Å². The summed E-state index contributed by atoms with van der Waals surface area (Å²) in [5, 5.41) is 4.05. The van der Waals surface area contributed by atoms with E-state index >= 15 is 0 Å². The maximum absolute atomic E-state index is 14.0. The molecule has 2 bridgehead atoms. The molecule has 3 saturated carbocycles. The molecule has 3 aliphatic carbocycles.